The minimum absolute atomic E-state index is 0.276. The summed E-state index contributed by atoms with van der Waals surface area (Å²) in [6.07, 6.45) is 1.09. The summed E-state index contributed by atoms with van der Waals surface area (Å²) in [7, 11) is 0. The molecule has 0 fully saturated rings. The monoisotopic (exact) mass is 552 g/mol. The third-order valence-electron chi connectivity index (χ3n) is 5.74. The Morgan fingerprint density at radius 3 is 2.66 bits per heavy atom. The second-order valence-corrected chi connectivity index (χ2v) is 9.37. The van der Waals surface area contributed by atoms with Crippen molar-refractivity contribution in [2.75, 3.05) is 5.32 Å². The maximum absolute atomic E-state index is 14.3. The van der Waals surface area contributed by atoms with Crippen LogP contribution in [0.25, 0.3) is 5.70 Å². The second kappa shape index (κ2) is 7.56. The molecule has 2 atom stereocenters. The molecule has 32 heavy (non-hydrogen) atoms. The number of hydrogen-bond acceptors (Lipinski definition) is 4. The van der Waals surface area contributed by atoms with Crippen molar-refractivity contribution in [2.45, 2.75) is 12.1 Å². The van der Waals surface area contributed by atoms with E-state index in [4.69, 9.17) is 4.74 Å². The van der Waals surface area contributed by atoms with E-state index in [1.807, 2.05) is 41.1 Å². The van der Waals surface area contributed by atoms with Crippen molar-refractivity contribution in [2.24, 2.45) is 0 Å². The van der Waals surface area contributed by atoms with E-state index < -0.39 is 6.10 Å². The summed E-state index contributed by atoms with van der Waals surface area (Å²) in [6.45, 7) is 0. The lowest BCUT2D eigenvalue weighted by Gasteiger charge is -2.39. The molecular formula is C24H15Br2FN4O. The first-order chi connectivity index (χ1) is 15.6. The number of benzene rings is 3. The molecule has 158 valence electrons. The molecule has 5 nitrogen and oxygen atoms in total. The van der Waals surface area contributed by atoms with Gasteiger partial charge >= 0.3 is 0 Å². The van der Waals surface area contributed by atoms with Gasteiger partial charge in [-0.2, -0.15) is 10.1 Å². The molecule has 1 N–H and O–H groups in total. The Balaban J connectivity index is 1.65. The Bertz CT molecular complexity index is 1390. The fraction of sp³-hybridized carbons (Fsp3) is 0.0833. The van der Waals surface area contributed by atoms with Gasteiger partial charge in [0.05, 0.1) is 5.70 Å². The number of halogens is 3. The molecule has 0 bridgehead atoms. The molecule has 0 spiro atoms. The van der Waals surface area contributed by atoms with Gasteiger partial charge < -0.3 is 10.1 Å². The van der Waals surface area contributed by atoms with Crippen molar-refractivity contribution in [1.29, 1.82) is 0 Å². The van der Waals surface area contributed by atoms with Gasteiger partial charge in [0.15, 0.2) is 6.10 Å². The molecule has 3 aromatic carbocycles. The van der Waals surface area contributed by atoms with Crippen LogP contribution in [-0.2, 0) is 0 Å². The summed E-state index contributed by atoms with van der Waals surface area (Å²) in [5.74, 6) is 0.883. The normalized spacial score (nSPS) is 18.8. The van der Waals surface area contributed by atoms with Crippen LogP contribution in [0, 0.1) is 5.82 Å². The topological polar surface area (TPSA) is 52.0 Å². The molecule has 3 heterocycles. The first kappa shape index (κ1) is 19.7. The largest absolute Gasteiger partial charge is 0.480 e. The lowest BCUT2D eigenvalue weighted by atomic mass is 9.84. The zero-order chi connectivity index (χ0) is 21.8. The van der Waals surface area contributed by atoms with Gasteiger partial charge in [0.1, 0.15) is 23.9 Å². The summed E-state index contributed by atoms with van der Waals surface area (Å²) in [5, 5.41) is 7.89. The van der Waals surface area contributed by atoms with Crippen LogP contribution in [0.3, 0.4) is 0 Å². The highest BCUT2D eigenvalue weighted by Gasteiger charge is 2.41. The Hall–Kier alpha value is -2.97. The third kappa shape index (κ3) is 3.09. The average Bonchev–Trinajstić information content (AvgIpc) is 3.26. The Morgan fingerprint density at radius 1 is 1.00 bits per heavy atom. The van der Waals surface area contributed by atoms with Crippen LogP contribution in [0.5, 0.6) is 5.75 Å². The van der Waals surface area contributed by atoms with Gasteiger partial charge in [0, 0.05) is 25.6 Å². The van der Waals surface area contributed by atoms with E-state index in [2.05, 4.69) is 59.4 Å². The average molecular weight is 554 g/mol. The Labute approximate surface area is 200 Å². The quantitative estimate of drug-likeness (QED) is 0.308. The van der Waals surface area contributed by atoms with Crippen molar-refractivity contribution >= 4 is 43.5 Å². The standard InChI is InChI=1S/C24H15Br2FN4O/c25-14-6-8-16(18(26)10-14)23-20-21(17-11-15(27)7-9-19(17)32-23)30-24-28-12-29-31(24)22(20)13-4-2-1-3-5-13/h1-12,22-23H,(H,28,29,30). The van der Waals surface area contributed by atoms with Crippen LogP contribution in [0.15, 0.2) is 87.6 Å². The lowest BCUT2D eigenvalue weighted by molar-refractivity contribution is 0.222. The van der Waals surface area contributed by atoms with E-state index in [0.717, 1.165) is 31.3 Å². The predicted octanol–water partition coefficient (Wildman–Crippen LogP) is 6.50. The number of nitrogens with zero attached hydrogens (tertiary/aromatic N) is 3. The molecule has 0 aliphatic carbocycles. The molecule has 0 radical (unpaired) electrons. The zero-order valence-corrected chi connectivity index (χ0v) is 19.6. The fourth-order valence-electron chi connectivity index (χ4n) is 4.37. The Morgan fingerprint density at radius 2 is 1.84 bits per heavy atom. The van der Waals surface area contributed by atoms with E-state index in [0.29, 0.717) is 17.3 Å². The summed E-state index contributed by atoms with van der Waals surface area (Å²) in [5.41, 5.74) is 4.40. The minimum atomic E-state index is -0.430. The molecular weight excluding hydrogens is 539 g/mol. The molecule has 4 aromatic rings. The molecule has 2 aliphatic rings. The minimum Gasteiger partial charge on any atom is -0.480 e. The predicted molar refractivity (Wildman–Crippen MR) is 127 cm³/mol. The van der Waals surface area contributed by atoms with Gasteiger partial charge in [-0.3, -0.25) is 0 Å². The van der Waals surface area contributed by atoms with Gasteiger partial charge in [-0.05, 0) is 35.9 Å². The highest BCUT2D eigenvalue weighted by molar-refractivity contribution is 9.11. The van der Waals surface area contributed by atoms with Crippen LogP contribution in [0.2, 0.25) is 0 Å². The Kier molecular flexibility index (Phi) is 4.66. The number of ether oxygens (including phenoxy) is 1. The van der Waals surface area contributed by atoms with Crippen molar-refractivity contribution in [3.63, 3.8) is 0 Å². The van der Waals surface area contributed by atoms with Gasteiger partial charge in [0.2, 0.25) is 5.95 Å². The molecule has 0 saturated carbocycles. The zero-order valence-electron chi connectivity index (χ0n) is 16.5. The first-order valence-electron chi connectivity index (χ1n) is 9.97. The van der Waals surface area contributed by atoms with E-state index >= 15 is 0 Å². The smallest absolute Gasteiger partial charge is 0.226 e. The molecule has 0 amide bonds. The number of hydrogen-bond donors (Lipinski definition) is 1. The molecule has 2 aliphatic heterocycles. The maximum Gasteiger partial charge on any atom is 0.226 e. The molecule has 2 unspecified atom stereocenters. The highest BCUT2D eigenvalue weighted by atomic mass is 79.9. The van der Waals surface area contributed by atoms with Gasteiger partial charge in [-0.25, -0.2) is 9.07 Å². The van der Waals surface area contributed by atoms with Gasteiger partial charge in [-0.15, -0.1) is 0 Å². The van der Waals surface area contributed by atoms with Crippen molar-refractivity contribution in [3.05, 3.63) is 110 Å². The number of nitrogens with one attached hydrogen (secondary N) is 1. The summed E-state index contributed by atoms with van der Waals surface area (Å²) >= 11 is 7.23. The summed E-state index contributed by atoms with van der Waals surface area (Å²) < 4.78 is 24.5. The molecule has 1 aromatic heterocycles. The van der Waals surface area contributed by atoms with Crippen molar-refractivity contribution in [1.82, 2.24) is 14.8 Å². The molecule has 0 saturated heterocycles. The van der Waals surface area contributed by atoms with Gasteiger partial charge in [-0.1, -0.05) is 68.3 Å². The van der Waals surface area contributed by atoms with Crippen molar-refractivity contribution in [3.8, 4) is 5.75 Å². The van der Waals surface area contributed by atoms with Crippen LogP contribution in [-0.4, -0.2) is 14.8 Å². The van der Waals surface area contributed by atoms with E-state index in [1.165, 1.54) is 18.5 Å². The molecule has 8 heteroatoms. The summed E-state index contributed by atoms with van der Waals surface area (Å²) in [4.78, 5) is 4.40. The second-order valence-electron chi connectivity index (χ2n) is 7.60. The van der Waals surface area contributed by atoms with Crippen LogP contribution >= 0.6 is 31.9 Å². The first-order valence-corrected chi connectivity index (χ1v) is 11.6. The third-order valence-corrected chi connectivity index (χ3v) is 6.92. The number of rotatable bonds is 2. The number of aromatic nitrogens is 3. The van der Waals surface area contributed by atoms with Crippen LogP contribution in [0.1, 0.15) is 28.8 Å². The number of anilines is 1. The summed E-state index contributed by atoms with van der Waals surface area (Å²) in [6, 6.07) is 20.4. The highest BCUT2D eigenvalue weighted by Crippen LogP contribution is 2.51. The van der Waals surface area contributed by atoms with E-state index in [9.17, 15) is 4.39 Å². The van der Waals surface area contributed by atoms with E-state index in [-0.39, 0.29) is 11.9 Å². The van der Waals surface area contributed by atoms with Crippen molar-refractivity contribution < 1.29 is 9.13 Å². The molecule has 6 rings (SSSR count). The SMILES string of the molecule is Fc1ccc2c(c1)C1=C(C(c3ccc(Br)cc3Br)O2)C(c2ccccc2)n2ncnc2N1. The van der Waals surface area contributed by atoms with Crippen LogP contribution < -0.4 is 10.1 Å². The number of fused-ring (bicyclic) bond motifs is 3. The maximum atomic E-state index is 14.3. The van der Waals surface area contributed by atoms with E-state index in [1.54, 1.807) is 6.07 Å². The fourth-order valence-corrected chi connectivity index (χ4v) is 5.63. The van der Waals surface area contributed by atoms with Crippen LogP contribution in [0.4, 0.5) is 10.3 Å². The van der Waals surface area contributed by atoms with Gasteiger partial charge in [0.25, 0.3) is 0 Å². The lowest BCUT2D eigenvalue weighted by Crippen LogP contribution is -2.32.